The molecule has 5 nitrogen and oxygen atoms in total. The molecule has 0 aliphatic carbocycles. The van der Waals surface area contributed by atoms with E-state index in [2.05, 4.69) is 48.0 Å². The molecule has 0 saturated carbocycles. The summed E-state index contributed by atoms with van der Waals surface area (Å²) < 4.78 is 18.1. The van der Waals surface area contributed by atoms with Gasteiger partial charge in [0.1, 0.15) is 0 Å². The molecule has 1 aromatic heterocycles. The van der Waals surface area contributed by atoms with Crippen LogP contribution < -0.4 is 14.4 Å². The summed E-state index contributed by atoms with van der Waals surface area (Å²) in [5, 5.41) is 0. The normalized spacial score (nSPS) is 14.1. The number of methoxy groups -OCH3 is 2. The molecule has 2 heterocycles. The predicted molar refractivity (Wildman–Crippen MR) is 156 cm³/mol. The molecule has 1 aliphatic heterocycles. The van der Waals surface area contributed by atoms with Gasteiger partial charge in [-0.05, 0) is 0 Å². The van der Waals surface area contributed by atoms with Gasteiger partial charge in [0.15, 0.2) is 0 Å². The number of aromatic nitrogens is 2. The van der Waals surface area contributed by atoms with Gasteiger partial charge in [0.05, 0.1) is 0 Å². The van der Waals surface area contributed by atoms with Crippen LogP contribution in [0.4, 0.5) is 5.82 Å². The Kier molecular flexibility index (Phi) is 11.9. The third-order valence-corrected chi connectivity index (χ3v) is 21.6. The van der Waals surface area contributed by atoms with Crippen molar-refractivity contribution in [1.29, 1.82) is 0 Å². The number of anilines is 1. The molecule has 0 unspecified atom stereocenters. The summed E-state index contributed by atoms with van der Waals surface area (Å²) >= 11 is -2.43. The number of unbranched alkanes of at least 4 members (excludes halogenated alkanes) is 3. The summed E-state index contributed by atoms with van der Waals surface area (Å²) in [6, 6.07) is 8.20. The summed E-state index contributed by atoms with van der Waals surface area (Å²) in [5.41, 5.74) is 1.98. The van der Waals surface area contributed by atoms with E-state index in [1.165, 1.54) is 64.7 Å². The molecule has 3 rings (SSSR count). The van der Waals surface area contributed by atoms with E-state index in [-0.39, 0.29) is 0 Å². The minimum absolute atomic E-state index is 0.724. The van der Waals surface area contributed by atoms with Gasteiger partial charge < -0.3 is 0 Å². The molecule has 6 heteroatoms. The van der Waals surface area contributed by atoms with E-state index >= 15 is 0 Å². The molecule has 1 saturated heterocycles. The van der Waals surface area contributed by atoms with Crippen molar-refractivity contribution in [2.75, 3.05) is 32.2 Å². The fraction of sp³-hybridized carbons (Fsp3) is 0.600. The third-order valence-electron chi connectivity index (χ3n) is 7.51. The number of nitrogens with zero attached hydrogens (tertiary/aromatic N) is 3. The summed E-state index contributed by atoms with van der Waals surface area (Å²) in [5.74, 6) is 3.36. The summed E-state index contributed by atoms with van der Waals surface area (Å²) in [6.07, 6.45) is 12.7. The van der Waals surface area contributed by atoms with Crippen molar-refractivity contribution < 1.29 is 9.47 Å². The molecule has 0 amide bonds. The molecule has 1 aromatic carbocycles. The van der Waals surface area contributed by atoms with Crippen molar-refractivity contribution in [2.24, 2.45) is 0 Å². The van der Waals surface area contributed by atoms with Crippen LogP contribution in [0.1, 0.15) is 78.0 Å². The van der Waals surface area contributed by atoms with E-state index in [0.717, 1.165) is 47.5 Å². The summed E-state index contributed by atoms with van der Waals surface area (Å²) in [6.45, 7) is 9.13. The monoisotopic (exact) mass is 601 g/mol. The number of rotatable bonds is 15. The Morgan fingerprint density at radius 3 is 2.00 bits per heavy atom. The van der Waals surface area contributed by atoms with E-state index in [4.69, 9.17) is 19.4 Å². The van der Waals surface area contributed by atoms with Crippen LogP contribution in [-0.2, 0) is 0 Å². The van der Waals surface area contributed by atoms with Crippen LogP contribution in [0.15, 0.2) is 28.4 Å². The third kappa shape index (κ3) is 7.87. The number of benzene rings is 1. The molecule has 36 heavy (non-hydrogen) atoms. The molecule has 0 radical (unpaired) electrons. The molecular formula is C30H47N3O2Sn. The number of ether oxygens (including phenoxy) is 2. The zero-order chi connectivity index (χ0) is 25.8. The zero-order valence-electron chi connectivity index (χ0n) is 23.3. The number of hydrogen-bond acceptors (Lipinski definition) is 5. The molecule has 2 aromatic rings. The van der Waals surface area contributed by atoms with Crippen LogP contribution in [0.25, 0.3) is 17.3 Å². The Morgan fingerprint density at radius 2 is 1.44 bits per heavy atom. The molecule has 0 spiro atoms. The first-order valence-corrected chi connectivity index (χ1v) is 21.8. The molecule has 0 N–H and O–H groups in total. The van der Waals surface area contributed by atoms with Gasteiger partial charge in [0.25, 0.3) is 0 Å². The van der Waals surface area contributed by atoms with Crippen LogP contribution in [0.2, 0.25) is 13.3 Å². The van der Waals surface area contributed by atoms with Crippen LogP contribution in [0, 0.1) is 0 Å². The molecule has 1 fully saturated rings. The maximum absolute atomic E-state index is 5.58. The van der Waals surface area contributed by atoms with Gasteiger partial charge in [-0.1, -0.05) is 0 Å². The van der Waals surface area contributed by atoms with Crippen molar-refractivity contribution in [2.45, 2.75) is 85.4 Å². The van der Waals surface area contributed by atoms with Crippen molar-refractivity contribution in [3.8, 4) is 22.8 Å². The molecule has 1 aliphatic rings. The van der Waals surface area contributed by atoms with Gasteiger partial charge >= 0.3 is 224 Å². The Labute approximate surface area is 223 Å². The maximum atomic E-state index is 5.58. The van der Waals surface area contributed by atoms with Gasteiger partial charge in [0.2, 0.25) is 0 Å². The van der Waals surface area contributed by atoms with Crippen LogP contribution in [0.5, 0.6) is 11.5 Å². The van der Waals surface area contributed by atoms with Gasteiger partial charge in [-0.25, -0.2) is 0 Å². The SMILES string of the molecule is CCC[CH2][Sn](/[CH]=C/c1nc(-c2ccc(OC)c(OC)c2)cc(N2CCCC2)n1)([CH2]CCC)[CH2]CCC. The van der Waals surface area contributed by atoms with Gasteiger partial charge in [-0.2, -0.15) is 0 Å². The van der Waals surface area contributed by atoms with Crippen molar-refractivity contribution >= 4 is 30.3 Å². The number of hydrogen-bond donors (Lipinski definition) is 0. The molecule has 0 atom stereocenters. The van der Waals surface area contributed by atoms with Crippen molar-refractivity contribution in [3.63, 3.8) is 0 Å². The van der Waals surface area contributed by atoms with Crippen molar-refractivity contribution in [3.05, 3.63) is 34.2 Å². The first-order chi connectivity index (χ1) is 17.6. The second-order valence-corrected chi connectivity index (χ2v) is 23.2. The minimum atomic E-state index is -2.43. The Hall–Kier alpha value is -1.76. The van der Waals surface area contributed by atoms with Crippen LogP contribution >= 0.6 is 0 Å². The topological polar surface area (TPSA) is 47.5 Å². The Bertz CT molecular complexity index is 951. The molecule has 0 bridgehead atoms. The van der Waals surface area contributed by atoms with Gasteiger partial charge in [-0.3, -0.25) is 0 Å². The van der Waals surface area contributed by atoms with Crippen molar-refractivity contribution in [1.82, 2.24) is 9.97 Å². The molecular weight excluding hydrogens is 553 g/mol. The first kappa shape index (κ1) is 28.8. The molecule has 198 valence electrons. The van der Waals surface area contributed by atoms with E-state index < -0.39 is 18.4 Å². The average molecular weight is 600 g/mol. The second-order valence-electron chi connectivity index (χ2n) is 10.2. The van der Waals surface area contributed by atoms with Crippen LogP contribution in [-0.4, -0.2) is 55.7 Å². The van der Waals surface area contributed by atoms with E-state index in [9.17, 15) is 0 Å². The fourth-order valence-electron chi connectivity index (χ4n) is 5.24. The summed E-state index contributed by atoms with van der Waals surface area (Å²) in [4.78, 5) is 12.5. The fourth-order valence-corrected chi connectivity index (χ4v) is 19.3. The van der Waals surface area contributed by atoms with E-state index in [1.807, 2.05) is 12.1 Å². The Morgan fingerprint density at radius 1 is 0.833 bits per heavy atom. The Balaban J connectivity index is 2.02. The second kappa shape index (κ2) is 14.8. The van der Waals surface area contributed by atoms with E-state index in [1.54, 1.807) is 14.2 Å². The quantitative estimate of drug-likeness (QED) is 0.193. The zero-order valence-corrected chi connectivity index (χ0v) is 26.2. The van der Waals surface area contributed by atoms with Crippen LogP contribution in [0.3, 0.4) is 0 Å². The summed E-state index contributed by atoms with van der Waals surface area (Å²) in [7, 11) is 3.35. The predicted octanol–water partition coefficient (Wildman–Crippen LogP) is 8.16. The first-order valence-electron chi connectivity index (χ1n) is 14.1. The van der Waals surface area contributed by atoms with E-state index in [0.29, 0.717) is 0 Å². The average Bonchev–Trinajstić information content (AvgIpc) is 3.47. The standard InChI is InChI=1S/C18H20N3O2.3C4H9.Sn/c1-4-17-19-14(12-18(20-17)21-9-5-6-10-21)13-7-8-15(22-2)16(11-13)23-3;3*1-3-4-2;/h1,4,7-8,11-12H,5-6,9-10H2,2-3H3;3*1,3-4H2,2H3;. The van der Waals surface area contributed by atoms with Gasteiger partial charge in [0, 0.05) is 0 Å². The van der Waals surface area contributed by atoms with Gasteiger partial charge in [-0.15, -0.1) is 0 Å².